The lowest BCUT2D eigenvalue weighted by atomic mass is 9.97. The molecular weight excluding hydrogens is 208 g/mol. The van der Waals surface area contributed by atoms with Crippen LogP contribution in [0.5, 0.6) is 11.5 Å². The molecule has 4 nitrogen and oxygen atoms in total. The van der Waals surface area contributed by atoms with Crippen molar-refractivity contribution in [1.29, 1.82) is 0 Å². The van der Waals surface area contributed by atoms with Gasteiger partial charge in [0.15, 0.2) is 0 Å². The SMILES string of the molecule is C=C[C@@H](C)c1c(O)cc(C(=O)O)cc1OC. The number of aromatic carboxylic acids is 1. The van der Waals surface area contributed by atoms with Crippen LogP contribution in [0.3, 0.4) is 0 Å². The van der Waals surface area contributed by atoms with Gasteiger partial charge in [0.05, 0.1) is 12.7 Å². The highest BCUT2D eigenvalue weighted by Gasteiger charge is 2.17. The number of hydrogen-bond donors (Lipinski definition) is 2. The van der Waals surface area contributed by atoms with Gasteiger partial charge in [-0.3, -0.25) is 0 Å². The van der Waals surface area contributed by atoms with Gasteiger partial charge in [-0.05, 0) is 12.1 Å². The maximum Gasteiger partial charge on any atom is 0.335 e. The van der Waals surface area contributed by atoms with Crippen molar-refractivity contribution in [1.82, 2.24) is 0 Å². The van der Waals surface area contributed by atoms with Crippen LogP contribution in [0.25, 0.3) is 0 Å². The molecule has 0 aliphatic heterocycles. The molecule has 0 aliphatic carbocycles. The quantitative estimate of drug-likeness (QED) is 0.767. The molecule has 86 valence electrons. The van der Waals surface area contributed by atoms with Gasteiger partial charge in [-0.15, -0.1) is 6.58 Å². The van der Waals surface area contributed by atoms with Gasteiger partial charge in [0.25, 0.3) is 0 Å². The van der Waals surface area contributed by atoms with Crippen LogP contribution < -0.4 is 4.74 Å². The number of benzene rings is 1. The number of carboxylic acids is 1. The average Bonchev–Trinajstić information content (AvgIpc) is 2.26. The molecule has 1 aromatic rings. The average molecular weight is 222 g/mol. The van der Waals surface area contributed by atoms with E-state index in [4.69, 9.17) is 9.84 Å². The lowest BCUT2D eigenvalue weighted by Gasteiger charge is -2.14. The van der Waals surface area contributed by atoms with E-state index in [1.54, 1.807) is 6.08 Å². The predicted octanol–water partition coefficient (Wildman–Crippen LogP) is 2.39. The number of allylic oxidation sites excluding steroid dienone is 1. The van der Waals surface area contributed by atoms with Gasteiger partial charge in [0, 0.05) is 11.5 Å². The molecule has 0 aromatic heterocycles. The van der Waals surface area contributed by atoms with Crippen LogP contribution >= 0.6 is 0 Å². The first-order valence-electron chi connectivity index (χ1n) is 4.78. The van der Waals surface area contributed by atoms with Crippen LogP contribution in [0, 0.1) is 0 Å². The van der Waals surface area contributed by atoms with Gasteiger partial charge < -0.3 is 14.9 Å². The minimum absolute atomic E-state index is 0.00522. The largest absolute Gasteiger partial charge is 0.507 e. The molecule has 4 heteroatoms. The summed E-state index contributed by atoms with van der Waals surface area (Å²) < 4.78 is 5.07. The second kappa shape index (κ2) is 4.70. The van der Waals surface area contributed by atoms with Crippen LogP contribution in [-0.4, -0.2) is 23.3 Å². The van der Waals surface area contributed by atoms with Crippen molar-refractivity contribution in [2.45, 2.75) is 12.8 Å². The number of carboxylic acid groups (broad SMARTS) is 1. The molecule has 0 unspecified atom stereocenters. The van der Waals surface area contributed by atoms with Crippen LogP contribution in [0.1, 0.15) is 28.8 Å². The van der Waals surface area contributed by atoms with Crippen molar-refractivity contribution in [3.8, 4) is 11.5 Å². The highest BCUT2D eigenvalue weighted by Crippen LogP contribution is 2.36. The summed E-state index contributed by atoms with van der Waals surface area (Å²) in [6, 6.07) is 2.59. The summed E-state index contributed by atoms with van der Waals surface area (Å²) in [5.41, 5.74) is 0.539. The van der Waals surface area contributed by atoms with E-state index in [2.05, 4.69) is 6.58 Å². The standard InChI is InChI=1S/C12H14O4/c1-4-7(2)11-9(13)5-8(12(14)15)6-10(11)16-3/h4-7,13H,1H2,2-3H3,(H,14,15)/t7-/m1/s1. The van der Waals surface area contributed by atoms with E-state index in [0.717, 1.165) is 0 Å². The second-order valence-corrected chi connectivity index (χ2v) is 3.44. The molecular formula is C12H14O4. The molecule has 0 fully saturated rings. The molecule has 2 N–H and O–H groups in total. The van der Waals surface area contributed by atoms with Crippen molar-refractivity contribution < 1.29 is 19.7 Å². The molecule has 1 rings (SSSR count). The molecule has 0 heterocycles. The van der Waals surface area contributed by atoms with E-state index in [0.29, 0.717) is 11.3 Å². The fourth-order valence-corrected chi connectivity index (χ4v) is 1.48. The van der Waals surface area contributed by atoms with Crippen molar-refractivity contribution >= 4 is 5.97 Å². The minimum atomic E-state index is -1.11. The van der Waals surface area contributed by atoms with Gasteiger partial charge in [0.2, 0.25) is 0 Å². The van der Waals surface area contributed by atoms with Gasteiger partial charge in [0.1, 0.15) is 11.5 Å². The Kier molecular flexibility index (Phi) is 3.55. The first-order chi connectivity index (χ1) is 7.51. The summed E-state index contributed by atoms with van der Waals surface area (Å²) in [5, 5.41) is 18.6. The lowest BCUT2D eigenvalue weighted by Crippen LogP contribution is -2.01. The van der Waals surface area contributed by atoms with E-state index in [1.807, 2.05) is 6.92 Å². The zero-order valence-electron chi connectivity index (χ0n) is 9.23. The molecule has 0 spiro atoms. The predicted molar refractivity (Wildman–Crippen MR) is 60.2 cm³/mol. The van der Waals surface area contributed by atoms with Crippen LogP contribution in [0.15, 0.2) is 24.8 Å². The van der Waals surface area contributed by atoms with Crippen molar-refractivity contribution in [2.24, 2.45) is 0 Å². The Morgan fingerprint density at radius 3 is 2.62 bits per heavy atom. The number of ether oxygens (including phenoxy) is 1. The number of carbonyl (C=O) groups is 1. The smallest absolute Gasteiger partial charge is 0.335 e. The molecule has 0 bridgehead atoms. The van der Waals surface area contributed by atoms with Crippen LogP contribution in [0.4, 0.5) is 0 Å². The highest BCUT2D eigenvalue weighted by atomic mass is 16.5. The Bertz CT molecular complexity index is 423. The normalized spacial score (nSPS) is 11.9. The highest BCUT2D eigenvalue weighted by molar-refractivity contribution is 5.89. The summed E-state index contributed by atoms with van der Waals surface area (Å²) in [5.74, 6) is -0.960. The topological polar surface area (TPSA) is 66.8 Å². The van der Waals surface area contributed by atoms with E-state index < -0.39 is 5.97 Å². The molecule has 0 radical (unpaired) electrons. The third kappa shape index (κ3) is 2.16. The third-order valence-electron chi connectivity index (χ3n) is 2.40. The van der Waals surface area contributed by atoms with E-state index in [1.165, 1.54) is 19.2 Å². The Hall–Kier alpha value is -1.97. The summed E-state index contributed by atoms with van der Waals surface area (Å²) in [6.45, 7) is 5.47. The third-order valence-corrected chi connectivity index (χ3v) is 2.40. The Morgan fingerprint density at radius 1 is 1.56 bits per heavy atom. The minimum Gasteiger partial charge on any atom is -0.507 e. The van der Waals surface area contributed by atoms with E-state index >= 15 is 0 Å². The second-order valence-electron chi connectivity index (χ2n) is 3.44. The molecule has 1 atom stereocenters. The zero-order chi connectivity index (χ0) is 12.3. The fraction of sp³-hybridized carbons (Fsp3) is 0.250. The van der Waals surface area contributed by atoms with Gasteiger partial charge >= 0.3 is 5.97 Å². The van der Waals surface area contributed by atoms with Gasteiger partial charge in [-0.25, -0.2) is 4.79 Å². The summed E-state index contributed by atoms with van der Waals surface area (Å²) in [6.07, 6.45) is 1.65. The molecule has 0 saturated heterocycles. The lowest BCUT2D eigenvalue weighted by molar-refractivity contribution is 0.0696. The summed E-state index contributed by atoms with van der Waals surface area (Å²) in [7, 11) is 1.43. The van der Waals surface area contributed by atoms with Crippen LogP contribution in [0.2, 0.25) is 0 Å². The number of phenols is 1. The monoisotopic (exact) mass is 222 g/mol. The van der Waals surface area contributed by atoms with Crippen molar-refractivity contribution in [3.05, 3.63) is 35.9 Å². The number of phenolic OH excluding ortho intramolecular Hbond substituents is 1. The first-order valence-corrected chi connectivity index (χ1v) is 4.78. The Morgan fingerprint density at radius 2 is 2.19 bits per heavy atom. The molecule has 0 aliphatic rings. The summed E-state index contributed by atoms with van der Waals surface area (Å²) >= 11 is 0. The number of aromatic hydroxyl groups is 1. The van der Waals surface area contributed by atoms with Crippen molar-refractivity contribution in [3.63, 3.8) is 0 Å². The van der Waals surface area contributed by atoms with Crippen molar-refractivity contribution in [2.75, 3.05) is 7.11 Å². The fourth-order valence-electron chi connectivity index (χ4n) is 1.48. The van der Waals surface area contributed by atoms with Gasteiger partial charge in [-0.2, -0.15) is 0 Å². The number of hydrogen-bond acceptors (Lipinski definition) is 3. The molecule has 0 saturated carbocycles. The van der Waals surface area contributed by atoms with Gasteiger partial charge in [-0.1, -0.05) is 13.0 Å². The zero-order valence-corrected chi connectivity index (χ0v) is 9.23. The number of methoxy groups -OCH3 is 1. The number of rotatable bonds is 4. The summed E-state index contributed by atoms with van der Waals surface area (Å²) in [4.78, 5) is 10.8. The maximum atomic E-state index is 10.8. The maximum absolute atomic E-state index is 10.8. The molecule has 0 amide bonds. The van der Waals surface area contributed by atoms with E-state index in [9.17, 15) is 9.90 Å². The first kappa shape index (κ1) is 12.1. The molecule has 1 aromatic carbocycles. The molecule has 16 heavy (non-hydrogen) atoms. The Labute approximate surface area is 93.8 Å². The Balaban J connectivity index is 3.39. The van der Waals surface area contributed by atoms with E-state index in [-0.39, 0.29) is 17.2 Å². The van der Waals surface area contributed by atoms with Crippen LogP contribution in [-0.2, 0) is 0 Å².